The van der Waals surface area contributed by atoms with E-state index in [0.717, 1.165) is 51.2 Å². The molecule has 5 rings (SSSR count). The molecule has 0 aromatic carbocycles. The Kier molecular flexibility index (Phi) is 2.99. The second kappa shape index (κ2) is 4.47. The van der Waals surface area contributed by atoms with Crippen molar-refractivity contribution < 1.29 is 9.53 Å². The Balaban J connectivity index is 1.49. The van der Waals surface area contributed by atoms with Crippen LogP contribution in [0.3, 0.4) is 0 Å². The molecule has 1 N–H and O–H groups in total. The number of carbonyl (C=O) groups excluding carboxylic acids is 1. The molecule has 21 heavy (non-hydrogen) atoms. The number of ether oxygens (including phenoxy) is 1. The van der Waals surface area contributed by atoms with Crippen molar-refractivity contribution in [3.05, 3.63) is 0 Å². The number of nitrogens with one attached hydrogen (secondary N) is 1. The summed E-state index contributed by atoms with van der Waals surface area (Å²) in [6.45, 7) is 6.44. The van der Waals surface area contributed by atoms with Gasteiger partial charge in [0.15, 0.2) is 0 Å². The van der Waals surface area contributed by atoms with Crippen LogP contribution in [-0.2, 0) is 9.53 Å². The highest BCUT2D eigenvalue weighted by atomic mass is 16.5. The second-order valence-electron chi connectivity index (χ2n) is 9.26. The van der Waals surface area contributed by atoms with E-state index in [2.05, 4.69) is 19.2 Å². The van der Waals surface area contributed by atoms with Crippen LogP contribution in [0.5, 0.6) is 0 Å². The van der Waals surface area contributed by atoms with Gasteiger partial charge < -0.3 is 10.1 Å². The van der Waals surface area contributed by atoms with Gasteiger partial charge in [0.25, 0.3) is 0 Å². The molecule has 3 heteroatoms. The predicted molar refractivity (Wildman–Crippen MR) is 81.8 cm³/mol. The molecule has 3 atom stereocenters. The molecule has 118 valence electrons. The number of carbonyl (C=O) groups is 1. The van der Waals surface area contributed by atoms with Crippen LogP contribution in [-0.4, -0.2) is 25.2 Å². The summed E-state index contributed by atoms with van der Waals surface area (Å²) in [7, 11) is 0. The third-order valence-corrected chi connectivity index (χ3v) is 6.62. The minimum atomic E-state index is -0.0679. The maximum Gasteiger partial charge on any atom is 0.226 e. The molecule has 0 unspecified atom stereocenters. The summed E-state index contributed by atoms with van der Waals surface area (Å²) in [6, 6.07) is 0. The molecule has 4 saturated carbocycles. The molecule has 0 aromatic heterocycles. The maximum absolute atomic E-state index is 13.0. The number of hydrogen-bond donors (Lipinski definition) is 1. The first-order valence-electron chi connectivity index (χ1n) is 8.81. The van der Waals surface area contributed by atoms with Gasteiger partial charge in [0.1, 0.15) is 0 Å². The van der Waals surface area contributed by atoms with E-state index in [-0.39, 0.29) is 11.5 Å². The Hall–Kier alpha value is -0.570. The van der Waals surface area contributed by atoms with Crippen molar-refractivity contribution >= 4 is 5.91 Å². The first-order valence-corrected chi connectivity index (χ1v) is 8.81. The van der Waals surface area contributed by atoms with Crippen LogP contribution >= 0.6 is 0 Å². The van der Waals surface area contributed by atoms with Gasteiger partial charge in [-0.25, -0.2) is 0 Å². The van der Waals surface area contributed by atoms with Crippen LogP contribution in [0.2, 0.25) is 0 Å². The van der Waals surface area contributed by atoms with E-state index in [9.17, 15) is 4.79 Å². The Labute approximate surface area is 128 Å². The molecule has 3 nitrogen and oxygen atoms in total. The number of hydrogen-bond acceptors (Lipinski definition) is 2. The van der Waals surface area contributed by atoms with Crippen LogP contribution in [0.4, 0.5) is 0 Å². The minimum Gasteiger partial charge on any atom is -0.376 e. The van der Waals surface area contributed by atoms with Gasteiger partial charge in [-0.2, -0.15) is 0 Å². The Morgan fingerprint density at radius 1 is 1.14 bits per heavy atom. The van der Waals surface area contributed by atoms with Crippen molar-refractivity contribution in [1.82, 2.24) is 5.32 Å². The molecule has 4 bridgehead atoms. The van der Waals surface area contributed by atoms with E-state index in [1.54, 1.807) is 0 Å². The standard InChI is InChI=1S/C18H29NO2/c1-16-6-13-7-17(2,10-16)12-18(8-13,11-16)15(20)19-9-14-4-3-5-21-14/h13-14H,3-12H2,1-2H3,(H,19,20)/t13?,14-,16-,17-,18?/m0/s1. The van der Waals surface area contributed by atoms with Gasteiger partial charge in [0.2, 0.25) is 5.91 Å². The van der Waals surface area contributed by atoms with Gasteiger partial charge in [0.05, 0.1) is 11.5 Å². The summed E-state index contributed by atoms with van der Waals surface area (Å²) in [5.74, 6) is 1.12. The molecule has 5 fully saturated rings. The average molecular weight is 291 g/mol. The van der Waals surface area contributed by atoms with Crippen LogP contribution in [0, 0.1) is 22.2 Å². The van der Waals surface area contributed by atoms with E-state index < -0.39 is 0 Å². The fourth-order valence-electron chi connectivity index (χ4n) is 6.90. The lowest BCUT2D eigenvalue weighted by atomic mass is 9.40. The highest BCUT2D eigenvalue weighted by molar-refractivity contribution is 5.83. The second-order valence-corrected chi connectivity index (χ2v) is 9.26. The molecule has 5 aliphatic rings. The SMILES string of the molecule is C[C@@]12CC3CC(C(=O)NC[C@@H]4CCCO4)(C1)C[C@@](C)(C3)C2. The van der Waals surface area contributed by atoms with Crippen LogP contribution in [0.1, 0.15) is 65.2 Å². The van der Waals surface area contributed by atoms with E-state index in [0.29, 0.717) is 16.7 Å². The van der Waals surface area contributed by atoms with E-state index >= 15 is 0 Å². The summed E-state index contributed by atoms with van der Waals surface area (Å²) in [4.78, 5) is 13.0. The molecule has 1 amide bonds. The largest absolute Gasteiger partial charge is 0.376 e. The van der Waals surface area contributed by atoms with Gasteiger partial charge >= 0.3 is 0 Å². The first kappa shape index (κ1) is 14.0. The van der Waals surface area contributed by atoms with E-state index in [1.165, 1.54) is 19.3 Å². The molecular formula is C18H29NO2. The van der Waals surface area contributed by atoms with Gasteiger partial charge in [-0.1, -0.05) is 13.8 Å². The van der Waals surface area contributed by atoms with Crippen molar-refractivity contribution in [3.8, 4) is 0 Å². The third-order valence-electron chi connectivity index (χ3n) is 6.62. The highest BCUT2D eigenvalue weighted by Crippen LogP contribution is 2.69. The van der Waals surface area contributed by atoms with Gasteiger partial charge in [-0.3, -0.25) is 4.79 Å². The topological polar surface area (TPSA) is 38.3 Å². The van der Waals surface area contributed by atoms with Crippen molar-refractivity contribution in [2.45, 2.75) is 71.3 Å². The van der Waals surface area contributed by atoms with Crippen molar-refractivity contribution in [1.29, 1.82) is 0 Å². The molecule has 4 aliphatic carbocycles. The van der Waals surface area contributed by atoms with Gasteiger partial charge in [-0.05, 0) is 68.1 Å². The zero-order chi connectivity index (χ0) is 14.7. The molecule has 0 radical (unpaired) electrons. The summed E-state index contributed by atoms with van der Waals surface area (Å²) in [5.41, 5.74) is 0.756. The monoisotopic (exact) mass is 291 g/mol. The Morgan fingerprint density at radius 2 is 1.86 bits per heavy atom. The van der Waals surface area contributed by atoms with Crippen LogP contribution < -0.4 is 5.32 Å². The minimum absolute atomic E-state index is 0.0679. The lowest BCUT2D eigenvalue weighted by Crippen LogP contribution is -2.60. The fraction of sp³-hybridized carbons (Fsp3) is 0.944. The van der Waals surface area contributed by atoms with Gasteiger partial charge in [0, 0.05) is 13.2 Å². The quantitative estimate of drug-likeness (QED) is 0.866. The molecule has 1 heterocycles. The van der Waals surface area contributed by atoms with Crippen molar-refractivity contribution in [2.75, 3.05) is 13.2 Å². The van der Waals surface area contributed by atoms with Crippen LogP contribution in [0.25, 0.3) is 0 Å². The Morgan fingerprint density at radius 3 is 2.43 bits per heavy atom. The number of amides is 1. The van der Waals surface area contributed by atoms with Crippen molar-refractivity contribution in [3.63, 3.8) is 0 Å². The zero-order valence-electron chi connectivity index (χ0n) is 13.5. The Bertz CT molecular complexity index is 436. The molecule has 1 aliphatic heterocycles. The maximum atomic E-state index is 13.0. The lowest BCUT2D eigenvalue weighted by Gasteiger charge is -2.64. The summed E-state index contributed by atoms with van der Waals surface area (Å²) < 4.78 is 5.65. The van der Waals surface area contributed by atoms with Crippen molar-refractivity contribution in [2.24, 2.45) is 22.2 Å². The van der Waals surface area contributed by atoms with E-state index in [1.807, 2.05) is 0 Å². The lowest BCUT2D eigenvalue weighted by molar-refractivity contribution is -0.170. The number of rotatable bonds is 3. The molecular weight excluding hydrogens is 262 g/mol. The first-order chi connectivity index (χ1) is 9.91. The summed E-state index contributed by atoms with van der Waals surface area (Å²) >= 11 is 0. The van der Waals surface area contributed by atoms with E-state index in [4.69, 9.17) is 4.74 Å². The fourth-order valence-corrected chi connectivity index (χ4v) is 6.90. The van der Waals surface area contributed by atoms with Crippen LogP contribution in [0.15, 0.2) is 0 Å². The predicted octanol–water partition coefficient (Wildman–Crippen LogP) is 3.28. The normalized spacial score (nSPS) is 51.3. The summed E-state index contributed by atoms with van der Waals surface area (Å²) in [5, 5.41) is 3.25. The summed E-state index contributed by atoms with van der Waals surface area (Å²) in [6.07, 6.45) is 9.90. The average Bonchev–Trinajstić information content (AvgIpc) is 2.84. The molecule has 0 spiro atoms. The molecule has 0 aromatic rings. The molecule has 1 saturated heterocycles. The third kappa shape index (κ3) is 2.32. The zero-order valence-corrected chi connectivity index (χ0v) is 13.5. The van der Waals surface area contributed by atoms with Gasteiger partial charge in [-0.15, -0.1) is 0 Å². The highest BCUT2D eigenvalue weighted by Gasteiger charge is 2.62. The smallest absolute Gasteiger partial charge is 0.226 e.